The summed E-state index contributed by atoms with van der Waals surface area (Å²) in [4.78, 5) is 35.1. The molecular weight excluding hydrogens is 792 g/mol. The van der Waals surface area contributed by atoms with Crippen LogP contribution < -0.4 is 33.2 Å². The van der Waals surface area contributed by atoms with Gasteiger partial charge >= 0.3 is 0 Å². The highest BCUT2D eigenvalue weighted by atomic mass is 35.5. The number of nitrogens with two attached hydrogens (primary N) is 3. The zero-order valence-corrected chi connectivity index (χ0v) is 34.6. The molecule has 326 valence electrons. The van der Waals surface area contributed by atoms with Gasteiger partial charge in [0.25, 0.3) is 5.91 Å². The Labute approximate surface area is 354 Å². The molecule has 1 heterocycles. The van der Waals surface area contributed by atoms with Crippen molar-refractivity contribution in [2.75, 3.05) is 43.0 Å². The molecule has 2 amide bonds. The van der Waals surface area contributed by atoms with Gasteiger partial charge in [-0.25, -0.2) is 9.97 Å². The topological polar surface area (TPSA) is 302 Å². The van der Waals surface area contributed by atoms with Crippen molar-refractivity contribution in [1.29, 1.82) is 5.41 Å². The Kier molecular flexibility index (Phi) is 18.9. The van der Waals surface area contributed by atoms with Gasteiger partial charge in [0.05, 0.1) is 18.8 Å². The highest BCUT2D eigenvalue weighted by molar-refractivity contribution is 6.31. The maximum atomic E-state index is 13.1. The lowest BCUT2D eigenvalue weighted by molar-refractivity contribution is -0.119. The number of carbonyl (C=O) groups excluding carboxylic acids is 2. The minimum atomic E-state index is -1.69. The quantitative estimate of drug-likeness (QED) is 0.0289. The second kappa shape index (κ2) is 23.7. The third-order valence-corrected chi connectivity index (χ3v) is 10.3. The molecule has 3 aromatic carbocycles. The minimum Gasteiger partial charge on any atom is -0.394 e. The van der Waals surface area contributed by atoms with Gasteiger partial charge in [0.2, 0.25) is 5.91 Å². The number of rotatable bonds is 23. The summed E-state index contributed by atoms with van der Waals surface area (Å²) >= 11 is 5.83. The van der Waals surface area contributed by atoms with Crippen molar-refractivity contribution < 1.29 is 35.1 Å². The fraction of sp³-hybridized carbons (Fsp3) is 0.452. The first-order valence-corrected chi connectivity index (χ1v) is 20.5. The number of aryl methyl sites for hydroxylation is 1. The van der Waals surface area contributed by atoms with Crippen LogP contribution in [0.2, 0.25) is 5.15 Å². The number of hydrogen-bond acceptors (Lipinski definition) is 14. The molecule has 0 aliphatic carbocycles. The van der Waals surface area contributed by atoms with Crippen LogP contribution in [0.1, 0.15) is 72.6 Å². The Balaban J connectivity index is 1.22. The number of guanidine groups is 1. The smallest absolute Gasteiger partial charge is 0.280 e. The van der Waals surface area contributed by atoms with E-state index in [9.17, 15) is 30.0 Å². The summed E-state index contributed by atoms with van der Waals surface area (Å²) in [6.45, 7) is 2.96. The van der Waals surface area contributed by atoms with Crippen LogP contribution in [0.3, 0.4) is 0 Å². The molecule has 0 saturated carbocycles. The number of benzene rings is 3. The zero-order valence-electron chi connectivity index (χ0n) is 33.9. The van der Waals surface area contributed by atoms with E-state index in [0.29, 0.717) is 31.7 Å². The van der Waals surface area contributed by atoms with E-state index < -0.39 is 43.0 Å². The highest BCUT2D eigenvalue weighted by Crippen LogP contribution is 2.21. The molecule has 17 nitrogen and oxygen atoms in total. The van der Waals surface area contributed by atoms with E-state index in [0.717, 1.165) is 72.4 Å². The molecule has 0 radical (unpaired) electrons. The maximum Gasteiger partial charge on any atom is 0.280 e. The summed E-state index contributed by atoms with van der Waals surface area (Å²) in [5, 5.41) is 67.9. The van der Waals surface area contributed by atoms with Gasteiger partial charge in [0, 0.05) is 25.3 Å². The van der Waals surface area contributed by atoms with Crippen LogP contribution in [0, 0.1) is 5.41 Å². The molecule has 4 rings (SSSR count). The standard InChI is InChI=1S/C42H59ClN10O7/c1-2-3-4-7-18-53(23-32(55)35(57)36(58)33(56)24-54)22-26-11-15-30(16-12-26)49-40(59)31(44)21-27-10-14-28-19-25(9-13-29(28)20-27)8-5-6-17-48-42(47)52-41(60)34-38(45)51-39(46)37(43)50-34/h9-16,19-20,31-33,35-36,54-58H,2-8,17-18,21-24,44H2,1H3,(H,49,59)(H4,45,46,51)(H3,47,48,52,60)/t31-,32-,33+,35+,36+/m0/s1. The van der Waals surface area contributed by atoms with Crippen molar-refractivity contribution in [1.82, 2.24) is 25.5 Å². The molecule has 5 atom stereocenters. The van der Waals surface area contributed by atoms with Gasteiger partial charge in [0.1, 0.15) is 18.3 Å². The van der Waals surface area contributed by atoms with Gasteiger partial charge < -0.3 is 53.4 Å². The summed E-state index contributed by atoms with van der Waals surface area (Å²) in [7, 11) is 0. The number of halogens is 1. The first-order valence-electron chi connectivity index (χ1n) is 20.1. The van der Waals surface area contributed by atoms with Gasteiger partial charge in [-0.1, -0.05) is 86.3 Å². The molecule has 0 aliphatic rings. The van der Waals surface area contributed by atoms with E-state index in [2.05, 4.69) is 45.0 Å². The van der Waals surface area contributed by atoms with Crippen LogP contribution in [0.15, 0.2) is 60.7 Å². The largest absolute Gasteiger partial charge is 0.394 e. The van der Waals surface area contributed by atoms with Crippen molar-refractivity contribution in [3.8, 4) is 0 Å². The first kappa shape index (κ1) is 47.7. The molecule has 0 spiro atoms. The number of nitrogens with one attached hydrogen (secondary N) is 4. The van der Waals surface area contributed by atoms with E-state index >= 15 is 0 Å². The molecule has 0 unspecified atom stereocenters. The normalized spacial score (nSPS) is 14.0. The summed E-state index contributed by atoms with van der Waals surface area (Å²) in [6.07, 6.45) is 0.504. The fourth-order valence-electron chi connectivity index (χ4n) is 6.59. The number of nitrogens with zero attached hydrogens (tertiary/aromatic N) is 3. The summed E-state index contributed by atoms with van der Waals surface area (Å²) < 4.78 is 0. The molecule has 18 heteroatoms. The van der Waals surface area contributed by atoms with E-state index in [1.165, 1.54) is 0 Å². The van der Waals surface area contributed by atoms with Crippen molar-refractivity contribution in [2.24, 2.45) is 5.73 Å². The van der Waals surface area contributed by atoms with Gasteiger partial charge in [-0.15, -0.1) is 0 Å². The second-order valence-corrected chi connectivity index (χ2v) is 15.3. The summed E-state index contributed by atoms with van der Waals surface area (Å²) in [5.74, 6) is -1.53. The lowest BCUT2D eigenvalue weighted by atomic mass is 9.98. The van der Waals surface area contributed by atoms with Crippen molar-refractivity contribution in [2.45, 2.75) is 95.3 Å². The zero-order chi connectivity index (χ0) is 43.8. The van der Waals surface area contributed by atoms with Crippen LogP contribution in [-0.4, -0.2) is 115 Å². The number of aliphatic hydroxyl groups excluding tert-OH is 5. The van der Waals surface area contributed by atoms with E-state index in [-0.39, 0.29) is 40.9 Å². The SMILES string of the molecule is CCCCCCN(Cc1ccc(NC(=O)[C@@H](N)Cc2ccc3cc(CCCCNC(=N)NC(=O)c4nc(Cl)c(N)nc4N)ccc3c2)cc1)C[C@H](O)[C@@H](O)[C@H](O)[C@H](O)CO. The maximum absolute atomic E-state index is 13.1. The van der Waals surface area contributed by atoms with E-state index in [1.54, 1.807) is 12.1 Å². The molecule has 15 N–H and O–H groups in total. The first-order chi connectivity index (χ1) is 28.7. The van der Waals surface area contributed by atoms with Crippen LogP contribution in [0.5, 0.6) is 0 Å². The van der Waals surface area contributed by atoms with Crippen molar-refractivity contribution in [3.05, 3.63) is 88.2 Å². The van der Waals surface area contributed by atoms with Crippen LogP contribution in [-0.2, 0) is 24.2 Å². The molecule has 4 aromatic rings. The lowest BCUT2D eigenvalue weighted by Crippen LogP contribution is -2.49. The Morgan fingerprint density at radius 1 is 0.833 bits per heavy atom. The van der Waals surface area contributed by atoms with E-state index in [4.69, 9.17) is 39.3 Å². The third kappa shape index (κ3) is 14.6. The monoisotopic (exact) mass is 850 g/mol. The number of unbranched alkanes of at least 4 members (excludes halogenated alkanes) is 4. The molecule has 60 heavy (non-hydrogen) atoms. The number of fused-ring (bicyclic) bond motifs is 1. The predicted molar refractivity (Wildman–Crippen MR) is 233 cm³/mol. The Hall–Kier alpha value is -4.98. The van der Waals surface area contributed by atoms with Crippen LogP contribution in [0.4, 0.5) is 17.3 Å². The fourth-order valence-corrected chi connectivity index (χ4v) is 6.71. The van der Waals surface area contributed by atoms with Gasteiger partial charge in [-0.3, -0.25) is 25.2 Å². The number of nitrogen functional groups attached to an aromatic ring is 2. The highest BCUT2D eigenvalue weighted by Gasteiger charge is 2.31. The molecule has 1 aromatic heterocycles. The number of aliphatic hydroxyl groups is 5. The predicted octanol–water partition coefficient (Wildman–Crippen LogP) is 2.05. The molecule has 0 aliphatic heterocycles. The van der Waals surface area contributed by atoms with Crippen molar-refractivity contribution in [3.63, 3.8) is 0 Å². The number of hydrogen-bond donors (Lipinski definition) is 12. The van der Waals surface area contributed by atoms with Crippen LogP contribution in [0.25, 0.3) is 10.8 Å². The molecular formula is C42H59ClN10O7. The average molecular weight is 851 g/mol. The molecule has 0 saturated heterocycles. The van der Waals surface area contributed by atoms with Crippen LogP contribution >= 0.6 is 11.6 Å². The van der Waals surface area contributed by atoms with Gasteiger partial charge in [-0.2, -0.15) is 0 Å². The number of aromatic nitrogens is 2. The molecule has 0 fully saturated rings. The minimum absolute atomic E-state index is 0.0426. The number of amides is 2. The van der Waals surface area contributed by atoms with Gasteiger partial charge in [-0.05, 0) is 78.2 Å². The Bertz CT molecular complexity index is 2030. The average Bonchev–Trinajstić information content (AvgIpc) is 3.23. The summed E-state index contributed by atoms with van der Waals surface area (Å²) in [6, 6.07) is 18.8. The summed E-state index contributed by atoms with van der Waals surface area (Å²) in [5.41, 5.74) is 20.9. The van der Waals surface area contributed by atoms with E-state index in [1.807, 2.05) is 41.3 Å². The third-order valence-electron chi connectivity index (χ3n) is 10.0. The molecule has 0 bridgehead atoms. The lowest BCUT2D eigenvalue weighted by Gasteiger charge is -2.30. The number of anilines is 3. The Morgan fingerprint density at radius 2 is 1.48 bits per heavy atom. The second-order valence-electron chi connectivity index (χ2n) is 15.0. The van der Waals surface area contributed by atoms with Gasteiger partial charge in [0.15, 0.2) is 28.4 Å². The number of carbonyl (C=O) groups is 2. The van der Waals surface area contributed by atoms with Crippen molar-refractivity contribution >= 4 is 57.5 Å². The Morgan fingerprint density at radius 3 is 2.17 bits per heavy atom.